The molecule has 9 heteroatoms. The van der Waals surface area contributed by atoms with Crippen molar-refractivity contribution < 1.29 is 14.3 Å². The van der Waals surface area contributed by atoms with Gasteiger partial charge in [-0.3, -0.25) is 9.69 Å². The van der Waals surface area contributed by atoms with E-state index < -0.39 is 5.82 Å². The van der Waals surface area contributed by atoms with Crippen LogP contribution in [0.2, 0.25) is 5.02 Å². The number of nitrogens with zero attached hydrogens (tertiary/aromatic N) is 5. The number of carbonyl (C=O) groups is 1. The van der Waals surface area contributed by atoms with Gasteiger partial charge in [-0.1, -0.05) is 17.7 Å². The number of rotatable bonds is 7. The highest BCUT2D eigenvalue weighted by Gasteiger charge is 2.43. The minimum Gasteiger partial charge on any atom is -0.507 e. The van der Waals surface area contributed by atoms with E-state index in [1.807, 2.05) is 20.2 Å². The van der Waals surface area contributed by atoms with Crippen LogP contribution in [0.4, 0.5) is 15.9 Å². The highest BCUT2D eigenvalue weighted by Crippen LogP contribution is 2.42. The third kappa shape index (κ3) is 4.86. The number of aromatic hydroxyl groups is 1. The van der Waals surface area contributed by atoms with Gasteiger partial charge in [0.2, 0.25) is 6.41 Å². The van der Waals surface area contributed by atoms with E-state index in [-0.39, 0.29) is 10.8 Å². The normalized spacial score (nSPS) is 19.1. The molecule has 2 saturated heterocycles. The van der Waals surface area contributed by atoms with E-state index >= 15 is 0 Å². The van der Waals surface area contributed by atoms with Crippen LogP contribution in [0.3, 0.4) is 0 Å². The molecule has 192 valence electrons. The standard InChI is InChI=1S/C28H29ClFN5O2/c1-32(2)8-9-34(17-36)25-5-4-18(10-24(25)29)22-12-21(30)13-23(28(22)37)19-6-7-31-27(11-19)35-15-20-14-33(3)26(20)16-35/h4-13,17,20,26,37H,14-16H2,1-3H3/b9-8-. The van der Waals surface area contributed by atoms with Gasteiger partial charge < -0.3 is 19.8 Å². The van der Waals surface area contributed by atoms with Crippen molar-refractivity contribution in [2.75, 3.05) is 50.6 Å². The lowest BCUT2D eigenvalue weighted by Gasteiger charge is -2.40. The number of anilines is 2. The van der Waals surface area contributed by atoms with Crippen molar-refractivity contribution in [3.63, 3.8) is 0 Å². The second-order valence-electron chi connectivity index (χ2n) is 9.86. The van der Waals surface area contributed by atoms with Crippen LogP contribution < -0.4 is 9.80 Å². The summed E-state index contributed by atoms with van der Waals surface area (Å²) in [6, 6.07) is 11.8. The lowest BCUT2D eigenvalue weighted by Crippen LogP contribution is -2.52. The topological polar surface area (TPSA) is 63.2 Å². The Hall–Kier alpha value is -3.62. The molecule has 2 aliphatic heterocycles. The number of hydrogen-bond donors (Lipinski definition) is 1. The molecule has 2 atom stereocenters. The first-order valence-corrected chi connectivity index (χ1v) is 12.5. The third-order valence-corrected chi connectivity index (χ3v) is 7.43. The fraction of sp³-hybridized carbons (Fsp3) is 0.286. The number of phenolic OH excluding ortho intramolecular Hbond substituents is 1. The summed E-state index contributed by atoms with van der Waals surface area (Å²) in [4.78, 5) is 23.9. The maximum atomic E-state index is 14.8. The molecule has 0 radical (unpaired) electrons. The number of amides is 1. The highest BCUT2D eigenvalue weighted by atomic mass is 35.5. The molecule has 37 heavy (non-hydrogen) atoms. The molecule has 0 spiro atoms. The van der Waals surface area contributed by atoms with Crippen molar-refractivity contribution in [1.82, 2.24) is 14.8 Å². The van der Waals surface area contributed by atoms with Crippen molar-refractivity contribution in [1.29, 1.82) is 0 Å². The molecule has 0 saturated carbocycles. The van der Waals surface area contributed by atoms with E-state index in [1.165, 1.54) is 17.0 Å². The first-order chi connectivity index (χ1) is 17.7. The molecule has 0 bridgehead atoms. The zero-order chi connectivity index (χ0) is 26.3. The summed E-state index contributed by atoms with van der Waals surface area (Å²) in [5, 5.41) is 11.5. The molecule has 0 aliphatic carbocycles. The van der Waals surface area contributed by atoms with Gasteiger partial charge in [-0.2, -0.15) is 0 Å². The minimum atomic E-state index is -0.481. The van der Waals surface area contributed by atoms with Gasteiger partial charge in [0.15, 0.2) is 0 Å². The van der Waals surface area contributed by atoms with Gasteiger partial charge in [0.1, 0.15) is 17.4 Å². The van der Waals surface area contributed by atoms with Crippen molar-refractivity contribution in [3.8, 4) is 28.0 Å². The summed E-state index contributed by atoms with van der Waals surface area (Å²) in [6.07, 6.45) is 5.66. The van der Waals surface area contributed by atoms with Crippen LogP contribution >= 0.6 is 11.6 Å². The first kappa shape index (κ1) is 25.0. The summed E-state index contributed by atoms with van der Waals surface area (Å²) in [7, 11) is 5.82. The van der Waals surface area contributed by atoms with Crippen LogP contribution in [0.5, 0.6) is 5.75 Å². The van der Waals surface area contributed by atoms with Crippen LogP contribution in [0.15, 0.2) is 61.1 Å². The first-order valence-electron chi connectivity index (χ1n) is 12.1. The number of hydrogen-bond acceptors (Lipinski definition) is 6. The Kier molecular flexibility index (Phi) is 6.79. The van der Waals surface area contributed by atoms with E-state index in [0.29, 0.717) is 46.3 Å². The lowest BCUT2D eigenvalue weighted by atomic mass is 9.93. The maximum absolute atomic E-state index is 14.8. The van der Waals surface area contributed by atoms with Crippen LogP contribution in [-0.4, -0.2) is 73.1 Å². The molecule has 2 fully saturated rings. The van der Waals surface area contributed by atoms with Gasteiger partial charge in [0.05, 0.1) is 10.7 Å². The molecular formula is C28H29ClFN5O2. The smallest absolute Gasteiger partial charge is 0.218 e. The lowest BCUT2D eigenvalue weighted by molar-refractivity contribution is -0.106. The Morgan fingerprint density at radius 1 is 1.05 bits per heavy atom. The summed E-state index contributed by atoms with van der Waals surface area (Å²) >= 11 is 6.51. The van der Waals surface area contributed by atoms with Gasteiger partial charge >= 0.3 is 0 Å². The molecule has 3 heterocycles. The van der Waals surface area contributed by atoms with Crippen molar-refractivity contribution in [2.45, 2.75) is 6.04 Å². The number of pyridine rings is 1. The van der Waals surface area contributed by atoms with Crippen LogP contribution in [0.25, 0.3) is 22.3 Å². The van der Waals surface area contributed by atoms with Crippen LogP contribution in [0, 0.1) is 11.7 Å². The number of aromatic nitrogens is 1. The van der Waals surface area contributed by atoms with Crippen LogP contribution in [0.1, 0.15) is 0 Å². The quantitative estimate of drug-likeness (QED) is 0.456. The van der Waals surface area contributed by atoms with Gasteiger partial charge in [0, 0.05) is 75.4 Å². The number of phenols is 1. The highest BCUT2D eigenvalue weighted by molar-refractivity contribution is 6.34. The molecular weight excluding hydrogens is 493 g/mol. The fourth-order valence-electron chi connectivity index (χ4n) is 5.15. The SMILES string of the molecule is CN(C)/C=C\N(C=O)c1ccc(-c2cc(F)cc(-c3ccnc(N4CC5CN(C)C5C4)c3)c2O)cc1Cl. The minimum absolute atomic E-state index is 0.0525. The predicted molar refractivity (Wildman–Crippen MR) is 145 cm³/mol. The second-order valence-corrected chi connectivity index (χ2v) is 10.3. The van der Waals surface area contributed by atoms with E-state index in [1.54, 1.807) is 47.8 Å². The summed E-state index contributed by atoms with van der Waals surface area (Å²) in [5.74, 6) is 0.928. The van der Waals surface area contributed by atoms with E-state index in [2.05, 4.69) is 21.8 Å². The molecule has 2 unspecified atom stereocenters. The molecule has 2 aliphatic rings. The maximum Gasteiger partial charge on any atom is 0.218 e. The average molecular weight is 522 g/mol. The van der Waals surface area contributed by atoms with Gasteiger partial charge in [-0.25, -0.2) is 9.37 Å². The summed E-state index contributed by atoms with van der Waals surface area (Å²) in [5.41, 5.74) is 2.37. The van der Waals surface area contributed by atoms with E-state index in [9.17, 15) is 14.3 Å². The number of fused-ring (bicyclic) bond motifs is 1. The Labute approximate surface area is 221 Å². The summed E-state index contributed by atoms with van der Waals surface area (Å²) < 4.78 is 14.8. The van der Waals surface area contributed by atoms with Gasteiger partial charge in [0.25, 0.3) is 0 Å². The second kappa shape index (κ2) is 10.0. The molecule has 3 aromatic rings. The monoisotopic (exact) mass is 521 g/mol. The van der Waals surface area contributed by atoms with Crippen molar-refractivity contribution in [2.24, 2.45) is 5.92 Å². The number of carbonyl (C=O) groups excluding carboxylic acids is 1. The van der Waals surface area contributed by atoms with Gasteiger partial charge in [-0.05, 0) is 54.6 Å². The Balaban J connectivity index is 1.47. The Morgan fingerprint density at radius 3 is 2.41 bits per heavy atom. The van der Waals surface area contributed by atoms with E-state index in [0.717, 1.165) is 25.5 Å². The van der Waals surface area contributed by atoms with E-state index in [4.69, 9.17) is 11.6 Å². The zero-order valence-corrected chi connectivity index (χ0v) is 21.7. The van der Waals surface area contributed by atoms with Crippen molar-refractivity contribution >= 4 is 29.5 Å². The Bertz CT molecular complexity index is 1360. The van der Waals surface area contributed by atoms with Gasteiger partial charge in [-0.15, -0.1) is 0 Å². The van der Waals surface area contributed by atoms with Crippen LogP contribution in [-0.2, 0) is 4.79 Å². The average Bonchev–Trinajstić information content (AvgIpc) is 3.23. The zero-order valence-electron chi connectivity index (χ0n) is 21.0. The number of likely N-dealkylation sites (tertiary alicyclic amines) is 1. The molecule has 2 aromatic carbocycles. The fourth-order valence-corrected chi connectivity index (χ4v) is 5.42. The number of likely N-dealkylation sites (N-methyl/N-ethyl adjacent to an activating group) is 1. The Morgan fingerprint density at radius 2 is 1.78 bits per heavy atom. The molecule has 7 nitrogen and oxygen atoms in total. The molecule has 1 N–H and O–H groups in total. The predicted octanol–water partition coefficient (Wildman–Crippen LogP) is 4.66. The van der Waals surface area contributed by atoms with Crippen molar-refractivity contribution in [3.05, 3.63) is 71.9 Å². The summed E-state index contributed by atoms with van der Waals surface area (Å²) in [6.45, 7) is 2.94. The molecule has 1 amide bonds. The number of benzene rings is 2. The number of halogens is 2. The molecule has 5 rings (SSSR count). The third-order valence-electron chi connectivity index (χ3n) is 7.13. The molecule has 1 aromatic heterocycles. The largest absolute Gasteiger partial charge is 0.507 e.